The number of rotatable bonds is 2. The number of thiazole rings is 1. The molecule has 2 nitrogen and oxygen atoms in total. The van der Waals surface area contributed by atoms with Crippen molar-refractivity contribution in [2.45, 2.75) is 6.54 Å². The molecular weight excluding hydrogens is 251 g/mol. The summed E-state index contributed by atoms with van der Waals surface area (Å²) in [5.41, 5.74) is 7.25. The predicted molar refractivity (Wildman–Crippen MR) is 65.5 cm³/mol. The molecule has 15 heavy (non-hydrogen) atoms. The Morgan fingerprint density at radius 1 is 1.20 bits per heavy atom. The van der Waals surface area contributed by atoms with E-state index in [1.165, 1.54) is 11.3 Å². The first kappa shape index (κ1) is 10.9. The Kier molecular flexibility index (Phi) is 3.26. The van der Waals surface area contributed by atoms with E-state index in [-0.39, 0.29) is 0 Å². The van der Waals surface area contributed by atoms with E-state index in [1.54, 1.807) is 0 Å². The van der Waals surface area contributed by atoms with Crippen molar-refractivity contribution < 1.29 is 0 Å². The van der Waals surface area contributed by atoms with E-state index >= 15 is 0 Å². The largest absolute Gasteiger partial charge is 0.325 e. The zero-order valence-corrected chi connectivity index (χ0v) is 10.0. The van der Waals surface area contributed by atoms with Crippen LogP contribution in [0.2, 0.25) is 9.36 Å². The fourth-order valence-corrected chi connectivity index (χ4v) is 2.47. The third-order valence-electron chi connectivity index (χ3n) is 1.93. The van der Waals surface area contributed by atoms with E-state index < -0.39 is 0 Å². The topological polar surface area (TPSA) is 38.9 Å². The van der Waals surface area contributed by atoms with E-state index in [0.29, 0.717) is 15.9 Å². The lowest BCUT2D eigenvalue weighted by Crippen LogP contribution is -1.96. The molecule has 1 aromatic carbocycles. The molecule has 5 heteroatoms. The monoisotopic (exact) mass is 258 g/mol. The first-order chi connectivity index (χ1) is 7.20. The van der Waals surface area contributed by atoms with Crippen molar-refractivity contribution >= 4 is 34.5 Å². The number of hydrogen-bond donors (Lipinski definition) is 1. The van der Waals surface area contributed by atoms with Gasteiger partial charge in [-0.15, -0.1) is 11.3 Å². The first-order valence-corrected chi connectivity index (χ1v) is 5.89. The van der Waals surface area contributed by atoms with Gasteiger partial charge in [0.05, 0.1) is 5.69 Å². The van der Waals surface area contributed by atoms with Gasteiger partial charge in [-0.05, 0) is 12.1 Å². The Morgan fingerprint density at radius 3 is 2.40 bits per heavy atom. The van der Waals surface area contributed by atoms with Crippen LogP contribution in [0.15, 0.2) is 24.3 Å². The Morgan fingerprint density at radius 2 is 1.87 bits per heavy atom. The van der Waals surface area contributed by atoms with Gasteiger partial charge in [-0.1, -0.05) is 35.3 Å². The molecule has 0 amide bonds. The zero-order valence-electron chi connectivity index (χ0n) is 7.71. The van der Waals surface area contributed by atoms with Gasteiger partial charge in [0, 0.05) is 17.1 Å². The number of halogens is 2. The number of nitrogens with zero attached hydrogens (tertiary/aromatic N) is 1. The van der Waals surface area contributed by atoms with E-state index in [4.69, 9.17) is 28.9 Å². The van der Waals surface area contributed by atoms with Gasteiger partial charge < -0.3 is 5.73 Å². The molecule has 0 aliphatic rings. The molecule has 1 heterocycles. The van der Waals surface area contributed by atoms with Crippen molar-refractivity contribution in [3.8, 4) is 10.6 Å². The van der Waals surface area contributed by atoms with Gasteiger partial charge in [-0.25, -0.2) is 4.98 Å². The molecule has 0 spiro atoms. The summed E-state index contributed by atoms with van der Waals surface area (Å²) >= 11 is 13.2. The highest BCUT2D eigenvalue weighted by Gasteiger charge is 2.09. The van der Waals surface area contributed by atoms with E-state index in [1.807, 2.05) is 24.3 Å². The lowest BCUT2D eigenvalue weighted by Gasteiger charge is -1.95. The molecule has 78 valence electrons. The molecule has 2 N–H and O–H groups in total. The van der Waals surface area contributed by atoms with Crippen LogP contribution in [0.25, 0.3) is 10.6 Å². The summed E-state index contributed by atoms with van der Waals surface area (Å²) in [5.74, 6) is 0. The van der Waals surface area contributed by atoms with Crippen LogP contribution in [0.4, 0.5) is 0 Å². The second-order valence-corrected chi connectivity index (χ2v) is 4.99. The van der Waals surface area contributed by atoms with Crippen LogP contribution in [0.1, 0.15) is 5.69 Å². The Hall–Kier alpha value is -0.610. The highest BCUT2D eigenvalue weighted by molar-refractivity contribution is 7.19. The summed E-state index contributed by atoms with van der Waals surface area (Å²) in [6, 6.07) is 7.48. The molecule has 0 saturated carbocycles. The Bertz CT molecular complexity index is 465. The molecule has 2 aromatic rings. The SMILES string of the molecule is NCc1nc(-c2ccc(Cl)cc2)sc1Cl. The summed E-state index contributed by atoms with van der Waals surface area (Å²) < 4.78 is 0.655. The smallest absolute Gasteiger partial charge is 0.125 e. The van der Waals surface area contributed by atoms with Gasteiger partial charge in [0.15, 0.2) is 0 Å². The van der Waals surface area contributed by atoms with Crippen LogP contribution in [-0.2, 0) is 6.54 Å². The van der Waals surface area contributed by atoms with E-state index in [2.05, 4.69) is 4.98 Å². The fourth-order valence-electron chi connectivity index (χ4n) is 1.17. The van der Waals surface area contributed by atoms with Gasteiger partial charge in [-0.2, -0.15) is 0 Å². The average molecular weight is 259 g/mol. The second kappa shape index (κ2) is 4.49. The van der Waals surface area contributed by atoms with E-state index in [9.17, 15) is 0 Å². The van der Waals surface area contributed by atoms with Crippen molar-refractivity contribution in [2.75, 3.05) is 0 Å². The molecular formula is C10H8Cl2N2S. The van der Waals surface area contributed by atoms with Crippen LogP contribution in [-0.4, -0.2) is 4.98 Å². The molecule has 1 aromatic heterocycles. The highest BCUT2D eigenvalue weighted by atomic mass is 35.5. The van der Waals surface area contributed by atoms with Gasteiger partial charge >= 0.3 is 0 Å². The predicted octanol–water partition coefficient (Wildman–Crippen LogP) is 3.58. The minimum atomic E-state index is 0.364. The van der Waals surface area contributed by atoms with Crippen LogP contribution in [0.5, 0.6) is 0 Å². The third kappa shape index (κ3) is 2.32. The lowest BCUT2D eigenvalue weighted by atomic mass is 10.2. The van der Waals surface area contributed by atoms with Crippen LogP contribution in [0, 0.1) is 0 Å². The summed E-state index contributed by atoms with van der Waals surface area (Å²) in [6.07, 6.45) is 0. The zero-order chi connectivity index (χ0) is 10.8. The minimum absolute atomic E-state index is 0.364. The summed E-state index contributed by atoms with van der Waals surface area (Å²) in [5, 5.41) is 1.58. The maximum Gasteiger partial charge on any atom is 0.125 e. The lowest BCUT2D eigenvalue weighted by molar-refractivity contribution is 1.01. The van der Waals surface area contributed by atoms with Gasteiger partial charge in [0.25, 0.3) is 0 Å². The summed E-state index contributed by atoms with van der Waals surface area (Å²) in [7, 11) is 0. The molecule has 0 aliphatic carbocycles. The number of aromatic nitrogens is 1. The van der Waals surface area contributed by atoms with Crippen molar-refractivity contribution in [1.82, 2.24) is 4.98 Å². The number of nitrogens with two attached hydrogens (primary N) is 1. The number of benzene rings is 1. The van der Waals surface area contributed by atoms with Crippen molar-refractivity contribution in [1.29, 1.82) is 0 Å². The molecule has 2 rings (SSSR count). The maximum atomic E-state index is 5.98. The first-order valence-electron chi connectivity index (χ1n) is 4.32. The molecule has 0 saturated heterocycles. The minimum Gasteiger partial charge on any atom is -0.325 e. The Balaban J connectivity index is 2.41. The summed E-state index contributed by atoms with van der Waals surface area (Å²) in [4.78, 5) is 4.35. The fraction of sp³-hybridized carbons (Fsp3) is 0.100. The van der Waals surface area contributed by atoms with Crippen LogP contribution < -0.4 is 5.73 Å². The standard InChI is InChI=1S/C10H8Cl2N2S/c11-7-3-1-6(2-4-7)10-14-8(5-13)9(12)15-10/h1-4H,5,13H2. The maximum absolute atomic E-state index is 5.98. The van der Waals surface area contributed by atoms with Gasteiger partial charge in [0.2, 0.25) is 0 Å². The van der Waals surface area contributed by atoms with Crippen LogP contribution in [0.3, 0.4) is 0 Å². The third-order valence-corrected chi connectivity index (χ3v) is 3.57. The van der Waals surface area contributed by atoms with Crippen molar-refractivity contribution in [2.24, 2.45) is 5.73 Å². The van der Waals surface area contributed by atoms with Crippen LogP contribution >= 0.6 is 34.5 Å². The molecule has 0 fully saturated rings. The normalized spacial score (nSPS) is 10.6. The van der Waals surface area contributed by atoms with Crippen molar-refractivity contribution in [3.63, 3.8) is 0 Å². The quantitative estimate of drug-likeness (QED) is 0.895. The molecule has 0 unspecified atom stereocenters. The van der Waals surface area contributed by atoms with E-state index in [0.717, 1.165) is 16.3 Å². The molecule has 0 atom stereocenters. The van der Waals surface area contributed by atoms with Gasteiger partial charge in [0.1, 0.15) is 9.34 Å². The van der Waals surface area contributed by atoms with Crippen molar-refractivity contribution in [3.05, 3.63) is 39.3 Å². The average Bonchev–Trinajstić information content (AvgIpc) is 2.61. The molecule has 0 aliphatic heterocycles. The second-order valence-electron chi connectivity index (χ2n) is 2.95. The highest BCUT2D eigenvalue weighted by Crippen LogP contribution is 2.31. The number of hydrogen-bond acceptors (Lipinski definition) is 3. The molecule has 0 bridgehead atoms. The molecule has 0 radical (unpaired) electrons. The summed E-state index contributed by atoms with van der Waals surface area (Å²) in [6.45, 7) is 0.364. The Labute approximate surface area is 102 Å². The van der Waals surface area contributed by atoms with Gasteiger partial charge in [-0.3, -0.25) is 0 Å².